The lowest BCUT2D eigenvalue weighted by molar-refractivity contribution is 0.301. The topological polar surface area (TPSA) is 52.0 Å². The Morgan fingerprint density at radius 2 is 2.06 bits per heavy atom. The number of aromatic nitrogens is 1. The molecular weight excluding hydrogens is 224 g/mol. The van der Waals surface area contributed by atoms with Gasteiger partial charge < -0.3 is 10.3 Å². The second kappa shape index (κ2) is 4.39. The van der Waals surface area contributed by atoms with E-state index in [0.717, 1.165) is 23.2 Å². The minimum Gasteiger partial charge on any atom is -0.356 e. The largest absolute Gasteiger partial charge is 0.356 e. The summed E-state index contributed by atoms with van der Waals surface area (Å²) >= 11 is 0. The summed E-state index contributed by atoms with van der Waals surface area (Å²) in [6, 6.07) is 6.45. The molecule has 3 nitrogen and oxygen atoms in total. The molecule has 3 rings (SSSR count). The summed E-state index contributed by atoms with van der Waals surface area (Å²) in [5.74, 6) is 0. The number of aryl methyl sites for hydroxylation is 1. The van der Waals surface area contributed by atoms with Crippen molar-refractivity contribution in [2.24, 2.45) is 5.73 Å². The highest BCUT2D eigenvalue weighted by Crippen LogP contribution is 2.39. The maximum absolute atomic E-state index is 6.09. The first-order valence-electron chi connectivity index (χ1n) is 6.82. The van der Waals surface area contributed by atoms with Crippen molar-refractivity contribution in [3.05, 3.63) is 29.5 Å². The molecule has 3 heteroatoms. The van der Waals surface area contributed by atoms with Crippen LogP contribution < -0.4 is 5.73 Å². The van der Waals surface area contributed by atoms with Gasteiger partial charge in [0.25, 0.3) is 0 Å². The molecule has 1 fully saturated rings. The van der Waals surface area contributed by atoms with Gasteiger partial charge in [-0.15, -0.1) is 0 Å². The van der Waals surface area contributed by atoms with Gasteiger partial charge in [0, 0.05) is 17.3 Å². The molecule has 0 bridgehead atoms. The van der Waals surface area contributed by atoms with Crippen molar-refractivity contribution in [2.45, 2.75) is 44.4 Å². The molecule has 18 heavy (non-hydrogen) atoms. The van der Waals surface area contributed by atoms with E-state index in [4.69, 9.17) is 10.3 Å². The third-order valence-electron chi connectivity index (χ3n) is 4.46. The number of benzene rings is 1. The Hall–Kier alpha value is -1.35. The molecule has 1 aromatic heterocycles. The van der Waals surface area contributed by atoms with E-state index in [1.54, 1.807) is 0 Å². The molecule has 2 N–H and O–H groups in total. The van der Waals surface area contributed by atoms with Crippen molar-refractivity contribution in [3.8, 4) is 0 Å². The van der Waals surface area contributed by atoms with E-state index < -0.39 is 0 Å². The van der Waals surface area contributed by atoms with Crippen LogP contribution in [0.4, 0.5) is 0 Å². The molecule has 1 heterocycles. The number of hydrogen-bond donors (Lipinski definition) is 1. The Morgan fingerprint density at radius 1 is 1.28 bits per heavy atom. The van der Waals surface area contributed by atoms with Crippen LogP contribution in [0.1, 0.15) is 43.4 Å². The average molecular weight is 244 g/mol. The van der Waals surface area contributed by atoms with E-state index in [1.165, 1.54) is 37.7 Å². The molecule has 0 aliphatic heterocycles. The fourth-order valence-corrected chi connectivity index (χ4v) is 3.23. The Kier molecular flexibility index (Phi) is 2.86. The monoisotopic (exact) mass is 244 g/mol. The van der Waals surface area contributed by atoms with E-state index in [9.17, 15) is 0 Å². The maximum Gasteiger partial charge on any atom is 0.167 e. The number of rotatable bonds is 2. The lowest BCUT2D eigenvalue weighted by Crippen LogP contribution is -2.37. The molecule has 0 spiro atoms. The van der Waals surface area contributed by atoms with Crippen molar-refractivity contribution in [1.82, 2.24) is 5.16 Å². The van der Waals surface area contributed by atoms with Gasteiger partial charge in [0.15, 0.2) is 5.58 Å². The number of nitrogens with two attached hydrogens (primary N) is 1. The van der Waals surface area contributed by atoms with Crippen molar-refractivity contribution < 1.29 is 4.52 Å². The molecule has 0 radical (unpaired) electrons. The van der Waals surface area contributed by atoms with Crippen LogP contribution in [0.25, 0.3) is 11.0 Å². The number of hydrogen-bond acceptors (Lipinski definition) is 3. The van der Waals surface area contributed by atoms with Gasteiger partial charge in [-0.3, -0.25) is 0 Å². The Bertz CT molecular complexity index is 553. The van der Waals surface area contributed by atoms with Crippen LogP contribution in [0.3, 0.4) is 0 Å². The van der Waals surface area contributed by atoms with Gasteiger partial charge in [0.2, 0.25) is 0 Å². The van der Waals surface area contributed by atoms with E-state index >= 15 is 0 Å². The average Bonchev–Trinajstić information content (AvgIpc) is 2.81. The zero-order chi connectivity index (χ0) is 12.6. The summed E-state index contributed by atoms with van der Waals surface area (Å²) in [6.07, 6.45) is 6.34. The van der Waals surface area contributed by atoms with Crippen LogP contribution in [0.2, 0.25) is 0 Å². The second-order valence-corrected chi connectivity index (χ2v) is 5.52. The highest BCUT2D eigenvalue weighted by molar-refractivity contribution is 5.80. The smallest absolute Gasteiger partial charge is 0.167 e. The molecule has 0 saturated heterocycles. The molecule has 1 aromatic carbocycles. The number of fused-ring (bicyclic) bond motifs is 1. The maximum atomic E-state index is 6.09. The first-order chi connectivity index (χ1) is 8.75. The Morgan fingerprint density at radius 3 is 2.78 bits per heavy atom. The van der Waals surface area contributed by atoms with E-state index in [-0.39, 0.29) is 5.41 Å². The summed E-state index contributed by atoms with van der Waals surface area (Å²) in [6.45, 7) is 2.73. The number of nitrogens with zero attached hydrogens (tertiary/aromatic N) is 1. The summed E-state index contributed by atoms with van der Waals surface area (Å²) in [5.41, 5.74) is 9.47. The zero-order valence-corrected chi connectivity index (χ0v) is 10.9. The molecule has 0 unspecified atom stereocenters. The quantitative estimate of drug-likeness (QED) is 0.881. The van der Waals surface area contributed by atoms with Crippen molar-refractivity contribution in [2.75, 3.05) is 6.54 Å². The van der Waals surface area contributed by atoms with Crippen molar-refractivity contribution in [3.63, 3.8) is 0 Å². The van der Waals surface area contributed by atoms with Gasteiger partial charge in [0.1, 0.15) is 0 Å². The zero-order valence-electron chi connectivity index (χ0n) is 10.9. The third kappa shape index (κ3) is 1.74. The van der Waals surface area contributed by atoms with Crippen LogP contribution in [-0.2, 0) is 5.41 Å². The van der Waals surface area contributed by atoms with Crippen LogP contribution >= 0.6 is 0 Å². The molecule has 0 atom stereocenters. The van der Waals surface area contributed by atoms with Crippen LogP contribution in [-0.4, -0.2) is 11.7 Å². The van der Waals surface area contributed by atoms with Gasteiger partial charge in [0.05, 0.1) is 5.69 Å². The molecule has 2 aromatic rings. The minimum atomic E-state index is 0.177. The van der Waals surface area contributed by atoms with Crippen molar-refractivity contribution in [1.29, 1.82) is 0 Å². The van der Waals surface area contributed by atoms with Crippen molar-refractivity contribution >= 4 is 11.0 Å². The Balaban J connectivity index is 2.08. The lowest BCUT2D eigenvalue weighted by atomic mass is 9.69. The molecule has 96 valence electrons. The van der Waals surface area contributed by atoms with Gasteiger partial charge in [-0.2, -0.15) is 0 Å². The van der Waals surface area contributed by atoms with Gasteiger partial charge >= 0.3 is 0 Å². The fraction of sp³-hybridized carbons (Fsp3) is 0.533. The van der Waals surface area contributed by atoms with E-state index in [1.807, 2.05) is 13.0 Å². The summed E-state index contributed by atoms with van der Waals surface area (Å²) in [7, 11) is 0. The third-order valence-corrected chi connectivity index (χ3v) is 4.46. The SMILES string of the molecule is Cc1noc2ccc(C3(CN)CCCCC3)cc12. The van der Waals surface area contributed by atoms with Crippen LogP contribution in [0.5, 0.6) is 0 Å². The standard InChI is InChI=1S/C15H20N2O/c1-11-13-9-12(5-6-14(13)18-17-11)15(10-16)7-3-2-4-8-15/h5-6,9H,2-4,7-8,10,16H2,1H3. The molecule has 1 aliphatic rings. The molecule has 1 aliphatic carbocycles. The second-order valence-electron chi connectivity index (χ2n) is 5.52. The van der Waals surface area contributed by atoms with Crippen LogP contribution in [0.15, 0.2) is 22.7 Å². The summed E-state index contributed by atoms with van der Waals surface area (Å²) in [4.78, 5) is 0. The van der Waals surface area contributed by atoms with Gasteiger partial charge in [-0.05, 0) is 37.5 Å². The molecule has 1 saturated carbocycles. The summed E-state index contributed by atoms with van der Waals surface area (Å²) in [5, 5.41) is 5.15. The summed E-state index contributed by atoms with van der Waals surface area (Å²) < 4.78 is 5.28. The normalized spacial score (nSPS) is 19.2. The Labute approximate surface area is 107 Å². The predicted molar refractivity (Wildman–Crippen MR) is 72.6 cm³/mol. The van der Waals surface area contributed by atoms with Crippen LogP contribution in [0, 0.1) is 6.92 Å². The highest BCUT2D eigenvalue weighted by Gasteiger charge is 2.32. The fourth-order valence-electron chi connectivity index (χ4n) is 3.23. The highest BCUT2D eigenvalue weighted by atomic mass is 16.5. The molecular formula is C15H20N2O. The van der Waals surface area contributed by atoms with Gasteiger partial charge in [-0.1, -0.05) is 30.5 Å². The van der Waals surface area contributed by atoms with E-state index in [2.05, 4.69) is 17.3 Å². The first-order valence-corrected chi connectivity index (χ1v) is 6.82. The predicted octanol–water partition coefficient (Wildman–Crippen LogP) is 3.30. The lowest BCUT2D eigenvalue weighted by Gasteiger charge is -2.36. The minimum absolute atomic E-state index is 0.177. The van der Waals surface area contributed by atoms with E-state index in [0.29, 0.717) is 0 Å². The van der Waals surface area contributed by atoms with Gasteiger partial charge in [-0.25, -0.2) is 0 Å². The first kappa shape index (κ1) is 11.7. The molecule has 0 amide bonds.